The topological polar surface area (TPSA) is 64.4 Å². The van der Waals surface area contributed by atoms with Crippen molar-refractivity contribution in [1.82, 2.24) is 14.1 Å². The summed E-state index contributed by atoms with van der Waals surface area (Å²) in [6.07, 6.45) is 0.691. The summed E-state index contributed by atoms with van der Waals surface area (Å²) in [5, 5.41) is 4.54. The molecule has 0 radical (unpaired) electrons. The molecule has 0 unspecified atom stereocenters. The summed E-state index contributed by atoms with van der Waals surface area (Å²) in [7, 11) is -1.27. The van der Waals surface area contributed by atoms with Crippen LogP contribution in [0.4, 0.5) is 0 Å². The lowest BCUT2D eigenvalue weighted by Gasteiger charge is -2.26. The number of nitrogens with zero attached hydrogens (tertiary/aromatic N) is 3. The lowest BCUT2D eigenvalue weighted by Crippen LogP contribution is -2.37. The first-order valence-electron chi connectivity index (χ1n) is 8.14. The first-order chi connectivity index (χ1) is 11.5. The lowest BCUT2D eigenvalue weighted by molar-refractivity contribution is 0.103. The number of aryl methyl sites for hydroxylation is 1. The number of aromatic nitrogens is 2. The van der Waals surface area contributed by atoms with Gasteiger partial charge < -0.3 is 4.74 Å². The Morgan fingerprint density at radius 1 is 1.21 bits per heavy atom. The quantitative estimate of drug-likeness (QED) is 0.798. The minimum atomic E-state index is -3.18. The van der Waals surface area contributed by atoms with Gasteiger partial charge in [-0.05, 0) is 12.5 Å². The van der Waals surface area contributed by atoms with Crippen LogP contribution in [0.25, 0.3) is 0 Å². The third-order valence-electron chi connectivity index (χ3n) is 4.40. The van der Waals surface area contributed by atoms with Crippen molar-refractivity contribution >= 4 is 10.0 Å². The lowest BCUT2D eigenvalue weighted by atomic mass is 10.1. The second-order valence-corrected chi connectivity index (χ2v) is 8.22. The monoisotopic (exact) mass is 349 g/mol. The van der Waals surface area contributed by atoms with E-state index in [0.29, 0.717) is 32.7 Å². The molecule has 1 aromatic carbocycles. The van der Waals surface area contributed by atoms with E-state index in [4.69, 9.17) is 4.74 Å². The second-order valence-electron chi connectivity index (χ2n) is 5.96. The van der Waals surface area contributed by atoms with Crippen LogP contribution in [-0.4, -0.2) is 34.8 Å². The standard InChI is InChI=1S/C17H23N3O3S/c1-3-24(21,22)20-10-9-17-15(11-20)16(18-19(17)2)13-23-12-14-7-5-4-6-8-14/h4-8H,3,9-13H2,1-2H3. The SMILES string of the molecule is CCS(=O)(=O)N1CCc2c(c(COCc3ccccc3)nn2C)C1. The molecule has 2 aromatic rings. The molecule has 0 aliphatic carbocycles. The Bertz CT molecular complexity index is 800. The van der Waals surface area contributed by atoms with Gasteiger partial charge in [0.1, 0.15) is 0 Å². The zero-order valence-corrected chi connectivity index (χ0v) is 14.9. The maximum atomic E-state index is 12.1. The molecule has 6 nitrogen and oxygen atoms in total. The number of hydrogen-bond acceptors (Lipinski definition) is 4. The van der Waals surface area contributed by atoms with E-state index in [0.717, 1.165) is 22.5 Å². The average Bonchev–Trinajstić information content (AvgIpc) is 2.91. The van der Waals surface area contributed by atoms with E-state index in [1.807, 2.05) is 42.1 Å². The maximum absolute atomic E-state index is 12.1. The Kier molecular flexibility index (Phi) is 5.03. The van der Waals surface area contributed by atoms with E-state index < -0.39 is 10.0 Å². The van der Waals surface area contributed by atoms with Crippen LogP contribution in [0, 0.1) is 0 Å². The molecule has 2 heterocycles. The van der Waals surface area contributed by atoms with Crippen molar-refractivity contribution < 1.29 is 13.2 Å². The molecule has 1 aliphatic heterocycles. The van der Waals surface area contributed by atoms with Gasteiger partial charge in [-0.3, -0.25) is 4.68 Å². The second kappa shape index (κ2) is 7.04. The molecule has 0 bridgehead atoms. The number of fused-ring (bicyclic) bond motifs is 1. The summed E-state index contributed by atoms with van der Waals surface area (Å²) >= 11 is 0. The normalized spacial score (nSPS) is 15.4. The van der Waals surface area contributed by atoms with Crippen molar-refractivity contribution in [2.75, 3.05) is 12.3 Å². The maximum Gasteiger partial charge on any atom is 0.214 e. The summed E-state index contributed by atoms with van der Waals surface area (Å²) in [6.45, 7) is 3.50. The van der Waals surface area contributed by atoms with Gasteiger partial charge in [-0.15, -0.1) is 0 Å². The summed E-state index contributed by atoms with van der Waals surface area (Å²) in [4.78, 5) is 0. The van der Waals surface area contributed by atoms with Crippen molar-refractivity contribution in [1.29, 1.82) is 0 Å². The zero-order chi connectivity index (χ0) is 17.2. The average molecular weight is 349 g/mol. The number of sulfonamides is 1. The van der Waals surface area contributed by atoms with Crippen LogP contribution >= 0.6 is 0 Å². The van der Waals surface area contributed by atoms with E-state index in [9.17, 15) is 8.42 Å². The van der Waals surface area contributed by atoms with Crippen molar-refractivity contribution in [2.24, 2.45) is 7.05 Å². The van der Waals surface area contributed by atoms with E-state index in [1.165, 1.54) is 0 Å². The summed E-state index contributed by atoms with van der Waals surface area (Å²) in [6, 6.07) is 9.97. The largest absolute Gasteiger partial charge is 0.370 e. The van der Waals surface area contributed by atoms with Gasteiger partial charge in [-0.25, -0.2) is 8.42 Å². The molecule has 0 saturated heterocycles. The van der Waals surface area contributed by atoms with Crippen LogP contribution in [0.3, 0.4) is 0 Å². The molecule has 0 atom stereocenters. The van der Waals surface area contributed by atoms with Crippen molar-refractivity contribution in [3.8, 4) is 0 Å². The molecule has 7 heteroatoms. The highest BCUT2D eigenvalue weighted by Gasteiger charge is 2.29. The third-order valence-corrected chi connectivity index (χ3v) is 6.23. The number of rotatable bonds is 6. The Morgan fingerprint density at radius 3 is 2.67 bits per heavy atom. The van der Waals surface area contributed by atoms with Gasteiger partial charge in [0.15, 0.2) is 0 Å². The highest BCUT2D eigenvalue weighted by atomic mass is 32.2. The minimum absolute atomic E-state index is 0.127. The molecule has 1 aromatic heterocycles. The summed E-state index contributed by atoms with van der Waals surface area (Å²) in [5.74, 6) is 0.127. The molecule has 0 fully saturated rings. The number of benzene rings is 1. The molecule has 130 valence electrons. The van der Waals surface area contributed by atoms with E-state index in [-0.39, 0.29) is 5.75 Å². The molecule has 0 N–H and O–H groups in total. The van der Waals surface area contributed by atoms with Gasteiger partial charge in [-0.2, -0.15) is 9.40 Å². The zero-order valence-electron chi connectivity index (χ0n) is 14.1. The fourth-order valence-electron chi connectivity index (χ4n) is 3.02. The highest BCUT2D eigenvalue weighted by Crippen LogP contribution is 2.24. The number of hydrogen-bond donors (Lipinski definition) is 0. The molecule has 24 heavy (non-hydrogen) atoms. The Morgan fingerprint density at radius 2 is 1.96 bits per heavy atom. The predicted molar refractivity (Wildman–Crippen MR) is 91.7 cm³/mol. The van der Waals surface area contributed by atoms with E-state index in [1.54, 1.807) is 11.2 Å². The van der Waals surface area contributed by atoms with Crippen LogP contribution in [0.1, 0.15) is 29.4 Å². The van der Waals surface area contributed by atoms with Gasteiger partial charge in [0.25, 0.3) is 0 Å². The van der Waals surface area contributed by atoms with Gasteiger partial charge in [0, 0.05) is 37.8 Å². The van der Waals surface area contributed by atoms with Crippen molar-refractivity contribution in [2.45, 2.75) is 33.1 Å². The fourth-order valence-corrected chi connectivity index (χ4v) is 4.08. The Labute approximate surface area is 143 Å². The highest BCUT2D eigenvalue weighted by molar-refractivity contribution is 7.89. The van der Waals surface area contributed by atoms with Crippen molar-refractivity contribution in [3.05, 3.63) is 52.8 Å². The Hall–Kier alpha value is -1.70. The van der Waals surface area contributed by atoms with Crippen LogP contribution in [0.5, 0.6) is 0 Å². The van der Waals surface area contributed by atoms with Crippen molar-refractivity contribution in [3.63, 3.8) is 0 Å². The molecule has 0 spiro atoms. The van der Waals surface area contributed by atoms with Gasteiger partial charge in [-0.1, -0.05) is 30.3 Å². The molecular formula is C17H23N3O3S. The summed E-state index contributed by atoms with van der Waals surface area (Å²) < 4.78 is 33.5. The van der Waals surface area contributed by atoms with Gasteiger partial charge >= 0.3 is 0 Å². The molecule has 3 rings (SSSR count). The molecular weight excluding hydrogens is 326 g/mol. The van der Waals surface area contributed by atoms with E-state index in [2.05, 4.69) is 5.10 Å². The van der Waals surface area contributed by atoms with Gasteiger partial charge in [0.2, 0.25) is 10.0 Å². The van der Waals surface area contributed by atoms with Crippen LogP contribution < -0.4 is 0 Å². The Balaban J connectivity index is 1.72. The smallest absolute Gasteiger partial charge is 0.214 e. The van der Waals surface area contributed by atoms with Crippen LogP contribution in [0.2, 0.25) is 0 Å². The summed E-state index contributed by atoms with van der Waals surface area (Å²) in [5.41, 5.74) is 4.04. The van der Waals surface area contributed by atoms with E-state index >= 15 is 0 Å². The van der Waals surface area contributed by atoms with Gasteiger partial charge in [0.05, 0.1) is 24.7 Å². The first kappa shape index (κ1) is 17.1. The molecule has 0 amide bonds. The fraction of sp³-hybridized carbons (Fsp3) is 0.471. The first-order valence-corrected chi connectivity index (χ1v) is 9.75. The molecule has 1 aliphatic rings. The molecule has 0 saturated carbocycles. The number of ether oxygens (including phenoxy) is 1. The predicted octanol–water partition coefficient (Wildman–Crippen LogP) is 1.84. The minimum Gasteiger partial charge on any atom is -0.370 e. The van der Waals surface area contributed by atoms with Crippen LogP contribution in [0.15, 0.2) is 30.3 Å². The van der Waals surface area contributed by atoms with Crippen LogP contribution in [-0.2, 0) is 48.0 Å². The third kappa shape index (κ3) is 3.53.